The summed E-state index contributed by atoms with van der Waals surface area (Å²) >= 11 is 5.87. The Hall–Kier alpha value is -2.31. The van der Waals surface area contributed by atoms with E-state index in [9.17, 15) is 9.59 Å². The number of halogens is 1. The zero-order valence-corrected chi connectivity index (χ0v) is 17.1. The van der Waals surface area contributed by atoms with Crippen LogP contribution in [0.25, 0.3) is 0 Å². The Morgan fingerprint density at radius 3 is 2.50 bits per heavy atom. The van der Waals surface area contributed by atoms with Crippen molar-refractivity contribution in [3.05, 3.63) is 62.5 Å². The van der Waals surface area contributed by atoms with Crippen LogP contribution in [0.4, 0.5) is 0 Å². The highest BCUT2D eigenvalue weighted by Crippen LogP contribution is 2.15. The molecular weight excluding hydrogens is 378 g/mol. The molecule has 0 saturated carbocycles. The Bertz CT molecular complexity index is 871. The number of aromatic nitrogens is 1. The summed E-state index contributed by atoms with van der Waals surface area (Å²) in [6.07, 6.45) is 0.742. The van der Waals surface area contributed by atoms with Gasteiger partial charge in [0.1, 0.15) is 17.9 Å². The number of carbonyl (C=O) groups is 1. The van der Waals surface area contributed by atoms with E-state index in [2.05, 4.69) is 9.88 Å². The lowest BCUT2D eigenvalue weighted by molar-refractivity contribution is 0.0618. The van der Waals surface area contributed by atoms with Crippen LogP contribution < -0.4 is 10.3 Å². The maximum absolute atomic E-state index is 12.8. The Morgan fingerprint density at radius 2 is 1.86 bits per heavy atom. The van der Waals surface area contributed by atoms with Crippen molar-refractivity contribution >= 4 is 17.5 Å². The van der Waals surface area contributed by atoms with E-state index in [1.807, 2.05) is 26.0 Å². The summed E-state index contributed by atoms with van der Waals surface area (Å²) in [5.41, 5.74) is 1.76. The largest absolute Gasteiger partial charge is 0.492 e. The van der Waals surface area contributed by atoms with Gasteiger partial charge in [-0.3, -0.25) is 14.5 Å². The van der Waals surface area contributed by atoms with Gasteiger partial charge in [-0.1, -0.05) is 18.5 Å². The fraction of sp³-hybridized carbons (Fsp3) is 0.429. The van der Waals surface area contributed by atoms with E-state index < -0.39 is 0 Å². The summed E-state index contributed by atoms with van der Waals surface area (Å²) in [5.74, 6) is 0.604. The van der Waals surface area contributed by atoms with Gasteiger partial charge in [0.2, 0.25) is 0 Å². The van der Waals surface area contributed by atoms with E-state index in [1.165, 1.54) is 0 Å². The Labute approximate surface area is 170 Å². The molecule has 1 N–H and O–H groups in total. The standard InChI is InChI=1S/C21H26ClN3O3/c1-3-19-15(2)14-18(20(26)23-19)21(27)25-10-8-24(9-11-25)12-13-28-17-6-4-16(22)5-7-17/h4-7,14H,3,8-13H2,1-2H3,(H,23,26). The van der Waals surface area contributed by atoms with Crippen molar-refractivity contribution in [1.29, 1.82) is 0 Å². The molecule has 150 valence electrons. The van der Waals surface area contributed by atoms with Gasteiger partial charge < -0.3 is 14.6 Å². The molecular formula is C21H26ClN3O3. The minimum Gasteiger partial charge on any atom is -0.492 e. The molecule has 1 aromatic carbocycles. The number of piperazine rings is 1. The van der Waals surface area contributed by atoms with Crippen molar-refractivity contribution in [1.82, 2.24) is 14.8 Å². The number of nitrogens with zero attached hydrogens (tertiary/aromatic N) is 2. The van der Waals surface area contributed by atoms with E-state index in [4.69, 9.17) is 16.3 Å². The Kier molecular flexibility index (Phi) is 6.75. The summed E-state index contributed by atoms with van der Waals surface area (Å²) in [4.78, 5) is 31.9. The molecule has 1 aromatic heterocycles. The molecule has 0 bridgehead atoms. The molecule has 6 nitrogen and oxygen atoms in total. The molecule has 1 aliphatic rings. The molecule has 3 rings (SSSR count). The number of benzene rings is 1. The third-order valence-corrected chi connectivity index (χ3v) is 5.33. The van der Waals surface area contributed by atoms with E-state index in [1.54, 1.807) is 23.1 Å². The maximum Gasteiger partial charge on any atom is 0.261 e. The molecule has 0 radical (unpaired) electrons. The molecule has 1 fully saturated rings. The van der Waals surface area contributed by atoms with Crippen LogP contribution in [0.2, 0.25) is 5.02 Å². The van der Waals surface area contributed by atoms with Crippen LogP contribution in [0.3, 0.4) is 0 Å². The molecule has 0 unspecified atom stereocenters. The first-order valence-electron chi connectivity index (χ1n) is 9.60. The Balaban J connectivity index is 1.49. The second-order valence-electron chi connectivity index (χ2n) is 6.96. The van der Waals surface area contributed by atoms with Crippen molar-refractivity contribution in [2.45, 2.75) is 20.3 Å². The van der Waals surface area contributed by atoms with Gasteiger partial charge in [0.05, 0.1) is 0 Å². The minimum atomic E-state index is -0.300. The number of amides is 1. The molecule has 1 aliphatic heterocycles. The maximum atomic E-state index is 12.8. The summed E-state index contributed by atoms with van der Waals surface area (Å²) < 4.78 is 5.73. The van der Waals surface area contributed by atoms with E-state index in [-0.39, 0.29) is 17.0 Å². The van der Waals surface area contributed by atoms with Crippen LogP contribution >= 0.6 is 11.6 Å². The summed E-state index contributed by atoms with van der Waals surface area (Å²) in [6, 6.07) is 9.02. The van der Waals surface area contributed by atoms with Gasteiger partial charge in [-0.2, -0.15) is 0 Å². The number of rotatable bonds is 6. The van der Waals surface area contributed by atoms with Gasteiger partial charge in [0.25, 0.3) is 11.5 Å². The highest BCUT2D eigenvalue weighted by Gasteiger charge is 2.24. The number of carbonyl (C=O) groups excluding carboxylic acids is 1. The van der Waals surface area contributed by atoms with E-state index in [0.29, 0.717) is 24.7 Å². The van der Waals surface area contributed by atoms with Crippen molar-refractivity contribution in [3.63, 3.8) is 0 Å². The molecule has 7 heteroatoms. The van der Waals surface area contributed by atoms with Gasteiger partial charge >= 0.3 is 0 Å². The lowest BCUT2D eigenvalue weighted by Crippen LogP contribution is -2.50. The SMILES string of the molecule is CCc1[nH]c(=O)c(C(=O)N2CCN(CCOc3ccc(Cl)cc3)CC2)cc1C. The average Bonchev–Trinajstić information content (AvgIpc) is 2.71. The van der Waals surface area contributed by atoms with Gasteiger partial charge in [-0.25, -0.2) is 0 Å². The molecule has 28 heavy (non-hydrogen) atoms. The second-order valence-corrected chi connectivity index (χ2v) is 7.40. The molecule has 2 heterocycles. The first-order chi connectivity index (χ1) is 13.5. The number of hydrogen-bond acceptors (Lipinski definition) is 4. The number of pyridine rings is 1. The average molecular weight is 404 g/mol. The highest BCUT2D eigenvalue weighted by molar-refractivity contribution is 6.30. The molecule has 1 saturated heterocycles. The molecule has 0 spiro atoms. The van der Waals surface area contributed by atoms with Crippen LogP contribution in [0.5, 0.6) is 5.75 Å². The third kappa shape index (κ3) is 4.94. The first-order valence-corrected chi connectivity index (χ1v) is 9.98. The number of nitrogens with one attached hydrogen (secondary N) is 1. The number of aryl methyl sites for hydroxylation is 2. The van der Waals surface area contributed by atoms with Crippen LogP contribution in [-0.2, 0) is 6.42 Å². The molecule has 0 aliphatic carbocycles. The molecule has 2 aromatic rings. The van der Waals surface area contributed by atoms with Crippen LogP contribution in [0, 0.1) is 6.92 Å². The van der Waals surface area contributed by atoms with Crippen molar-refractivity contribution in [2.24, 2.45) is 0 Å². The van der Waals surface area contributed by atoms with E-state index in [0.717, 1.165) is 43.1 Å². The zero-order chi connectivity index (χ0) is 20.1. The number of hydrogen-bond donors (Lipinski definition) is 1. The Morgan fingerprint density at radius 1 is 1.18 bits per heavy atom. The smallest absolute Gasteiger partial charge is 0.261 e. The quantitative estimate of drug-likeness (QED) is 0.805. The summed E-state index contributed by atoms with van der Waals surface area (Å²) in [6.45, 7) is 8.00. The first kappa shape index (κ1) is 20.4. The topological polar surface area (TPSA) is 65.6 Å². The lowest BCUT2D eigenvalue weighted by atomic mass is 10.1. The normalized spacial score (nSPS) is 14.9. The van der Waals surface area contributed by atoms with Crippen molar-refractivity contribution < 1.29 is 9.53 Å². The fourth-order valence-electron chi connectivity index (χ4n) is 3.37. The minimum absolute atomic E-state index is 0.191. The molecule has 1 amide bonds. The lowest BCUT2D eigenvalue weighted by Gasteiger charge is -2.34. The summed E-state index contributed by atoms with van der Waals surface area (Å²) in [7, 11) is 0. The number of H-pyrrole nitrogens is 1. The van der Waals surface area contributed by atoms with Gasteiger partial charge in [-0.15, -0.1) is 0 Å². The fourth-order valence-corrected chi connectivity index (χ4v) is 3.49. The van der Waals surface area contributed by atoms with E-state index >= 15 is 0 Å². The third-order valence-electron chi connectivity index (χ3n) is 5.08. The van der Waals surface area contributed by atoms with Crippen LogP contribution in [0.1, 0.15) is 28.5 Å². The van der Waals surface area contributed by atoms with Crippen LogP contribution in [-0.4, -0.2) is 60.0 Å². The molecule has 0 atom stereocenters. The zero-order valence-electron chi connectivity index (χ0n) is 16.3. The van der Waals surface area contributed by atoms with Crippen molar-refractivity contribution in [3.8, 4) is 5.75 Å². The van der Waals surface area contributed by atoms with Gasteiger partial charge in [0, 0.05) is 43.4 Å². The van der Waals surface area contributed by atoms with Crippen LogP contribution in [0.15, 0.2) is 35.1 Å². The van der Waals surface area contributed by atoms with Gasteiger partial charge in [0.15, 0.2) is 0 Å². The highest BCUT2D eigenvalue weighted by atomic mass is 35.5. The van der Waals surface area contributed by atoms with Gasteiger partial charge in [-0.05, 0) is 49.2 Å². The summed E-state index contributed by atoms with van der Waals surface area (Å²) in [5, 5.41) is 0.687. The number of aromatic amines is 1. The predicted octanol–water partition coefficient (Wildman–Crippen LogP) is 2.74. The van der Waals surface area contributed by atoms with Crippen molar-refractivity contribution in [2.75, 3.05) is 39.3 Å². The second kappa shape index (κ2) is 9.26. The monoisotopic (exact) mass is 403 g/mol. The predicted molar refractivity (Wildman–Crippen MR) is 110 cm³/mol. The number of ether oxygens (including phenoxy) is 1.